The van der Waals surface area contributed by atoms with Gasteiger partial charge in [-0.1, -0.05) is 41.9 Å². The molecule has 1 amide bonds. The molecule has 43 heavy (non-hydrogen) atoms. The number of rotatable bonds is 11. The molecule has 5 atom stereocenters. The van der Waals surface area contributed by atoms with Crippen LogP contribution >= 0.6 is 23.4 Å². The van der Waals surface area contributed by atoms with Crippen LogP contribution in [0.15, 0.2) is 65.6 Å². The molecule has 0 radical (unpaired) electrons. The maximum atomic E-state index is 12.1. The number of nitrogens with two attached hydrogens (primary N) is 1. The second-order valence-corrected chi connectivity index (χ2v) is 12.4. The van der Waals surface area contributed by atoms with Crippen molar-refractivity contribution in [2.24, 2.45) is 5.73 Å². The Morgan fingerprint density at radius 1 is 1.02 bits per heavy atom. The minimum atomic E-state index is -1.50. The van der Waals surface area contributed by atoms with Crippen LogP contribution < -0.4 is 10.5 Å². The van der Waals surface area contributed by atoms with Gasteiger partial charge < -0.3 is 35.6 Å². The number of hydrogen-bond acceptors (Lipinski definition) is 8. The number of benzene rings is 3. The van der Waals surface area contributed by atoms with E-state index >= 15 is 0 Å². The molecule has 9 nitrogen and oxygen atoms in total. The number of carbonyl (C=O) groups excluding carboxylic acids is 1. The second kappa shape index (κ2) is 12.9. The fourth-order valence-corrected chi connectivity index (χ4v) is 6.77. The normalized spacial score (nSPS) is 24.3. The van der Waals surface area contributed by atoms with Crippen molar-refractivity contribution in [3.8, 4) is 5.75 Å². The highest BCUT2D eigenvalue weighted by Gasteiger charge is 2.52. The number of aliphatic hydroxyl groups excluding tert-OH is 3. The molecule has 6 N–H and O–H groups in total. The molecule has 1 heterocycles. The predicted molar refractivity (Wildman–Crippen MR) is 162 cm³/mol. The summed E-state index contributed by atoms with van der Waals surface area (Å²) >= 11 is 7.68. The molecule has 1 aliphatic carbocycles. The minimum absolute atomic E-state index is 0.0951. The Kier molecular flexibility index (Phi) is 9.36. The lowest BCUT2D eigenvalue weighted by Gasteiger charge is -2.41. The number of aliphatic hydroxyl groups is 3. The lowest BCUT2D eigenvalue weighted by atomic mass is 9.90. The quantitative estimate of drug-likeness (QED) is 0.199. The van der Waals surface area contributed by atoms with Gasteiger partial charge in [0.1, 0.15) is 30.2 Å². The third-order valence-corrected chi connectivity index (χ3v) is 9.61. The molecule has 0 spiro atoms. The van der Waals surface area contributed by atoms with Crippen molar-refractivity contribution >= 4 is 35.2 Å². The number of amides is 1. The Balaban J connectivity index is 1.35. The van der Waals surface area contributed by atoms with Gasteiger partial charge >= 0.3 is 5.97 Å². The molecular weight excluding hydrogens is 594 g/mol. The summed E-state index contributed by atoms with van der Waals surface area (Å²) in [5.41, 5.74) is 7.78. The van der Waals surface area contributed by atoms with E-state index < -0.39 is 47.8 Å². The van der Waals surface area contributed by atoms with E-state index in [1.54, 1.807) is 24.3 Å². The highest BCUT2D eigenvalue weighted by atomic mass is 35.5. The Morgan fingerprint density at radius 2 is 1.74 bits per heavy atom. The molecule has 0 aromatic heterocycles. The molecule has 5 rings (SSSR count). The Hall–Kier alpha value is -3.12. The van der Waals surface area contributed by atoms with Crippen LogP contribution in [0.1, 0.15) is 58.5 Å². The van der Waals surface area contributed by atoms with Crippen LogP contribution in [0.2, 0.25) is 5.02 Å². The number of ether oxygens (including phenoxy) is 2. The molecule has 228 valence electrons. The summed E-state index contributed by atoms with van der Waals surface area (Å²) in [6.07, 6.45) is -4.72. The molecule has 1 saturated carbocycles. The van der Waals surface area contributed by atoms with Crippen molar-refractivity contribution in [1.82, 2.24) is 0 Å². The zero-order valence-electron chi connectivity index (χ0n) is 23.5. The van der Waals surface area contributed by atoms with Crippen molar-refractivity contribution in [2.75, 3.05) is 12.4 Å². The summed E-state index contributed by atoms with van der Waals surface area (Å²) in [5.74, 6) is -0.734. The summed E-state index contributed by atoms with van der Waals surface area (Å²) in [4.78, 5) is 24.5. The molecule has 0 bridgehead atoms. The van der Waals surface area contributed by atoms with Gasteiger partial charge in [-0.05, 0) is 78.8 Å². The standard InChI is InChI=1S/C32H34ClNO8S/c1-2-41-21-7-3-17(4-8-21)13-19-14-18(5-10-23(19)33)29-28(37)27(36)26(35)24(42-29)16-43-25-15-20(6-9-22(25)30(34)38)32(11-12-32)31(39)40/h3-10,14-15,24,26-29,35-37H,2,11-13,16H2,1H3,(H2,34,38)(H,39,40)/t24-,26+,27-,28-,29+/m1/s1. The van der Waals surface area contributed by atoms with Gasteiger partial charge in [-0.3, -0.25) is 9.59 Å². The van der Waals surface area contributed by atoms with E-state index in [4.69, 9.17) is 26.8 Å². The summed E-state index contributed by atoms with van der Waals surface area (Å²) in [6.45, 7) is 2.49. The van der Waals surface area contributed by atoms with Crippen LogP contribution in [0, 0.1) is 0 Å². The van der Waals surface area contributed by atoms with Gasteiger partial charge in [-0.15, -0.1) is 11.8 Å². The van der Waals surface area contributed by atoms with Crippen molar-refractivity contribution in [3.05, 3.63) is 93.5 Å². The third-order valence-electron chi connectivity index (χ3n) is 8.10. The fraction of sp³-hybridized carbons (Fsp3) is 0.375. The number of carboxylic acid groups (broad SMARTS) is 1. The lowest BCUT2D eigenvalue weighted by Crippen LogP contribution is -2.54. The van der Waals surface area contributed by atoms with E-state index in [1.807, 2.05) is 37.3 Å². The van der Waals surface area contributed by atoms with Gasteiger partial charge in [0.25, 0.3) is 0 Å². The number of halogens is 1. The third kappa shape index (κ3) is 6.55. The van der Waals surface area contributed by atoms with Crippen molar-refractivity contribution < 1.29 is 39.5 Å². The van der Waals surface area contributed by atoms with Crippen LogP contribution in [0.5, 0.6) is 5.75 Å². The largest absolute Gasteiger partial charge is 0.494 e. The van der Waals surface area contributed by atoms with Crippen LogP contribution in [0.3, 0.4) is 0 Å². The average Bonchev–Trinajstić information content (AvgIpc) is 3.80. The number of carboxylic acids is 1. The topological polar surface area (TPSA) is 160 Å². The van der Waals surface area contributed by atoms with Crippen LogP contribution in [-0.4, -0.2) is 69.1 Å². The van der Waals surface area contributed by atoms with Crippen LogP contribution in [0.4, 0.5) is 0 Å². The summed E-state index contributed by atoms with van der Waals surface area (Å²) in [7, 11) is 0. The van der Waals surface area contributed by atoms with Crippen LogP contribution in [-0.2, 0) is 21.4 Å². The second-order valence-electron chi connectivity index (χ2n) is 10.9. The maximum Gasteiger partial charge on any atom is 0.314 e. The average molecular weight is 628 g/mol. The molecule has 1 aliphatic heterocycles. The molecule has 3 aromatic carbocycles. The van der Waals surface area contributed by atoms with E-state index in [1.165, 1.54) is 6.07 Å². The summed E-state index contributed by atoms with van der Waals surface area (Å²) < 4.78 is 11.7. The first kappa shape index (κ1) is 31.3. The molecular formula is C32H34ClNO8S. The van der Waals surface area contributed by atoms with Gasteiger partial charge in [0.15, 0.2) is 0 Å². The number of carbonyl (C=O) groups is 2. The first-order valence-electron chi connectivity index (χ1n) is 14.0. The van der Waals surface area contributed by atoms with Crippen molar-refractivity contribution in [3.63, 3.8) is 0 Å². The maximum absolute atomic E-state index is 12.1. The van der Waals surface area contributed by atoms with E-state index in [0.29, 0.717) is 46.9 Å². The van der Waals surface area contributed by atoms with Gasteiger partial charge in [-0.25, -0.2) is 0 Å². The van der Waals surface area contributed by atoms with E-state index in [-0.39, 0.29) is 11.3 Å². The fourth-order valence-electron chi connectivity index (χ4n) is 5.43. The Bertz CT molecular complexity index is 1500. The van der Waals surface area contributed by atoms with Crippen LogP contribution in [0.25, 0.3) is 0 Å². The number of hydrogen-bond donors (Lipinski definition) is 5. The zero-order chi connectivity index (χ0) is 30.9. The molecule has 11 heteroatoms. The Labute approximate surface area is 258 Å². The lowest BCUT2D eigenvalue weighted by molar-refractivity contribution is -0.218. The number of aliphatic carboxylic acids is 1. The molecule has 1 saturated heterocycles. The highest BCUT2D eigenvalue weighted by Crippen LogP contribution is 2.49. The number of thioether (sulfide) groups is 1. The van der Waals surface area contributed by atoms with E-state index in [0.717, 1.165) is 28.6 Å². The van der Waals surface area contributed by atoms with E-state index in [9.17, 15) is 30.0 Å². The van der Waals surface area contributed by atoms with Gasteiger partial charge in [0.2, 0.25) is 5.91 Å². The van der Waals surface area contributed by atoms with Crippen molar-refractivity contribution in [1.29, 1.82) is 0 Å². The molecule has 0 unspecified atom stereocenters. The SMILES string of the molecule is CCOc1ccc(Cc2cc([C@@H]3O[C@H](CSc4cc(C5(C(=O)O)CC5)ccc4C(N)=O)[C@H](O)[C@@H](O)[C@H]3O)ccc2Cl)cc1. The van der Waals surface area contributed by atoms with Gasteiger partial charge in [-0.2, -0.15) is 0 Å². The van der Waals surface area contributed by atoms with Gasteiger partial charge in [0.05, 0.1) is 23.7 Å². The van der Waals surface area contributed by atoms with Gasteiger partial charge in [0, 0.05) is 15.7 Å². The predicted octanol–water partition coefficient (Wildman–Crippen LogP) is 3.86. The highest BCUT2D eigenvalue weighted by molar-refractivity contribution is 7.99. The zero-order valence-corrected chi connectivity index (χ0v) is 25.1. The monoisotopic (exact) mass is 627 g/mol. The molecule has 2 aliphatic rings. The Morgan fingerprint density at radius 3 is 2.37 bits per heavy atom. The molecule has 2 fully saturated rings. The number of primary amides is 1. The smallest absolute Gasteiger partial charge is 0.314 e. The first-order valence-corrected chi connectivity index (χ1v) is 15.4. The summed E-state index contributed by atoms with van der Waals surface area (Å²) in [5, 5.41) is 42.7. The van der Waals surface area contributed by atoms with Crippen molar-refractivity contribution in [2.45, 2.75) is 67.0 Å². The first-order chi connectivity index (χ1) is 20.5. The molecule has 3 aromatic rings. The summed E-state index contributed by atoms with van der Waals surface area (Å²) in [6, 6.07) is 17.7. The van der Waals surface area contributed by atoms with E-state index in [2.05, 4.69) is 0 Å². The minimum Gasteiger partial charge on any atom is -0.494 e.